The molecule has 4 aromatic rings. The van der Waals surface area contributed by atoms with Gasteiger partial charge in [-0.3, -0.25) is 0 Å². The number of aryl methyl sites for hydroxylation is 1. The van der Waals surface area contributed by atoms with Crippen LogP contribution in [0.2, 0.25) is 0 Å². The molecule has 2 aromatic carbocycles. The van der Waals surface area contributed by atoms with Gasteiger partial charge in [0.1, 0.15) is 4.70 Å². The van der Waals surface area contributed by atoms with Gasteiger partial charge in [0, 0.05) is 30.6 Å². The Morgan fingerprint density at radius 1 is 1.00 bits per heavy atom. The predicted molar refractivity (Wildman–Crippen MR) is 127 cm³/mol. The van der Waals surface area contributed by atoms with Crippen LogP contribution < -0.4 is 9.47 Å². The second-order valence-corrected chi connectivity index (χ2v) is 8.43. The number of hydrogen-bond donors (Lipinski definition) is 0. The van der Waals surface area contributed by atoms with Gasteiger partial charge in [-0.25, -0.2) is 4.57 Å². The summed E-state index contributed by atoms with van der Waals surface area (Å²) in [4.78, 5) is 7.04. The van der Waals surface area contributed by atoms with Gasteiger partial charge in [0.25, 0.3) is 0 Å². The predicted octanol–water partition coefficient (Wildman–Crippen LogP) is 5.71. The number of rotatable bonds is 3. The van der Waals surface area contributed by atoms with Gasteiger partial charge in [0.15, 0.2) is 0 Å². The number of hydrogen-bond acceptors (Lipinski definition) is 3. The first-order chi connectivity index (χ1) is 14.7. The van der Waals surface area contributed by atoms with Crippen molar-refractivity contribution < 1.29 is 4.57 Å². The molecule has 0 amide bonds. The third-order valence-corrected chi connectivity index (χ3v) is 6.27. The fourth-order valence-electron chi connectivity index (χ4n) is 3.75. The molecule has 0 saturated heterocycles. The Morgan fingerprint density at radius 2 is 1.80 bits per heavy atom. The molecule has 0 fully saturated rings. The number of para-hydroxylation sites is 1. The summed E-state index contributed by atoms with van der Waals surface area (Å²) in [5.41, 5.74) is 6.99. The second kappa shape index (κ2) is 7.73. The molecule has 0 unspecified atom stereocenters. The first kappa shape index (κ1) is 18.5. The highest BCUT2D eigenvalue weighted by Crippen LogP contribution is 2.34. The number of thiazole rings is 1. The van der Waals surface area contributed by atoms with E-state index in [2.05, 4.69) is 108 Å². The average Bonchev–Trinajstić information content (AvgIpc) is 3.20. The third kappa shape index (κ3) is 3.46. The van der Waals surface area contributed by atoms with E-state index in [4.69, 9.17) is 4.98 Å². The zero-order chi connectivity index (χ0) is 20.5. The van der Waals surface area contributed by atoms with Crippen molar-refractivity contribution in [3.63, 3.8) is 0 Å². The van der Waals surface area contributed by atoms with E-state index < -0.39 is 0 Å². The monoisotopic (exact) mass is 408 g/mol. The average molecular weight is 409 g/mol. The summed E-state index contributed by atoms with van der Waals surface area (Å²) >= 11 is 1.72. The highest BCUT2D eigenvalue weighted by atomic mass is 32.1. The van der Waals surface area contributed by atoms with Crippen LogP contribution in [0.5, 0.6) is 0 Å². The molecule has 0 aliphatic carbocycles. The van der Waals surface area contributed by atoms with Crippen LogP contribution in [0.15, 0.2) is 91.3 Å². The lowest BCUT2D eigenvalue weighted by atomic mass is 9.95. The molecule has 3 heterocycles. The molecule has 0 spiro atoms. The Kier molecular flexibility index (Phi) is 4.77. The lowest BCUT2D eigenvalue weighted by Gasteiger charge is -2.23. The van der Waals surface area contributed by atoms with Gasteiger partial charge in [-0.2, -0.15) is 0 Å². The van der Waals surface area contributed by atoms with E-state index in [9.17, 15) is 0 Å². The number of fused-ring (bicyclic) bond motifs is 2. The SMILES string of the molecule is CN1C=C/C(=C\C(=C\c2nc3c(ccc[n+]3C)s2)c2ccccc2)c2ccccc21. The Labute approximate surface area is 180 Å². The zero-order valence-electron chi connectivity index (χ0n) is 17.0. The van der Waals surface area contributed by atoms with Crippen molar-refractivity contribution >= 4 is 44.6 Å². The third-order valence-electron chi connectivity index (χ3n) is 5.31. The van der Waals surface area contributed by atoms with Crippen LogP contribution in [0.25, 0.3) is 27.6 Å². The van der Waals surface area contributed by atoms with E-state index in [1.54, 1.807) is 11.3 Å². The number of nitrogens with zero attached hydrogens (tertiary/aromatic N) is 3. The minimum atomic E-state index is 1.01. The van der Waals surface area contributed by atoms with Crippen LogP contribution in [-0.4, -0.2) is 12.0 Å². The Balaban J connectivity index is 1.67. The smallest absolute Gasteiger partial charge is 0.341 e. The molecule has 146 valence electrons. The van der Waals surface area contributed by atoms with Gasteiger partial charge in [0.05, 0.1) is 13.2 Å². The fraction of sp³-hybridized carbons (Fsp3) is 0.0769. The molecule has 2 aromatic heterocycles. The van der Waals surface area contributed by atoms with E-state index in [-0.39, 0.29) is 0 Å². The van der Waals surface area contributed by atoms with Crippen molar-refractivity contribution in [3.8, 4) is 0 Å². The van der Waals surface area contributed by atoms with E-state index in [1.165, 1.54) is 27.1 Å². The first-order valence-electron chi connectivity index (χ1n) is 9.93. The number of anilines is 1. The van der Waals surface area contributed by atoms with Crippen LogP contribution in [-0.2, 0) is 7.05 Å². The van der Waals surface area contributed by atoms with Crippen molar-refractivity contribution in [2.75, 3.05) is 11.9 Å². The van der Waals surface area contributed by atoms with Crippen molar-refractivity contribution in [1.29, 1.82) is 0 Å². The van der Waals surface area contributed by atoms with Crippen molar-refractivity contribution in [2.45, 2.75) is 0 Å². The van der Waals surface area contributed by atoms with Crippen molar-refractivity contribution in [2.24, 2.45) is 7.05 Å². The molecule has 0 N–H and O–H groups in total. The van der Waals surface area contributed by atoms with Gasteiger partial charge in [0.2, 0.25) is 5.01 Å². The van der Waals surface area contributed by atoms with Crippen LogP contribution in [0.3, 0.4) is 0 Å². The van der Waals surface area contributed by atoms with Gasteiger partial charge in [-0.1, -0.05) is 59.9 Å². The number of pyridine rings is 1. The number of benzene rings is 2. The summed E-state index contributed by atoms with van der Waals surface area (Å²) in [6, 6.07) is 23.2. The van der Waals surface area contributed by atoms with Gasteiger partial charge in [-0.05, 0) is 52.0 Å². The maximum atomic E-state index is 4.88. The highest BCUT2D eigenvalue weighted by Gasteiger charge is 2.16. The topological polar surface area (TPSA) is 20.0 Å². The molecule has 30 heavy (non-hydrogen) atoms. The first-order valence-corrected chi connectivity index (χ1v) is 10.8. The van der Waals surface area contributed by atoms with E-state index in [0.29, 0.717) is 0 Å². The van der Waals surface area contributed by atoms with E-state index >= 15 is 0 Å². The maximum absolute atomic E-state index is 4.88. The molecule has 1 aliphatic heterocycles. The summed E-state index contributed by atoms with van der Waals surface area (Å²) < 4.78 is 3.26. The normalized spacial score (nSPS) is 15.1. The van der Waals surface area contributed by atoms with Gasteiger partial charge < -0.3 is 4.90 Å². The molecule has 1 aliphatic rings. The lowest BCUT2D eigenvalue weighted by molar-refractivity contribution is -0.646. The zero-order valence-corrected chi connectivity index (χ0v) is 17.8. The summed E-state index contributed by atoms with van der Waals surface area (Å²) in [5.74, 6) is 0. The number of allylic oxidation sites excluding steroid dienone is 4. The Morgan fingerprint density at radius 3 is 2.63 bits per heavy atom. The van der Waals surface area contributed by atoms with Crippen molar-refractivity contribution in [1.82, 2.24) is 4.98 Å². The molecule has 0 atom stereocenters. The van der Waals surface area contributed by atoms with Gasteiger partial charge >= 0.3 is 5.65 Å². The van der Waals surface area contributed by atoms with Crippen LogP contribution in [0, 0.1) is 0 Å². The Hall–Kier alpha value is -3.50. The van der Waals surface area contributed by atoms with E-state index in [0.717, 1.165) is 16.2 Å². The highest BCUT2D eigenvalue weighted by molar-refractivity contribution is 7.19. The maximum Gasteiger partial charge on any atom is 0.341 e. The fourth-order valence-corrected chi connectivity index (χ4v) is 4.72. The molecular formula is C26H22N3S+. The Bertz CT molecular complexity index is 1310. The quantitative estimate of drug-likeness (QED) is 0.405. The summed E-state index contributed by atoms with van der Waals surface area (Å²) in [7, 11) is 4.12. The summed E-state index contributed by atoms with van der Waals surface area (Å²) in [6.07, 6.45) is 10.8. The van der Waals surface area contributed by atoms with Gasteiger partial charge in [-0.15, -0.1) is 0 Å². The summed E-state index contributed by atoms with van der Waals surface area (Å²) in [5, 5.41) is 1.01. The lowest BCUT2D eigenvalue weighted by Crippen LogP contribution is -2.27. The summed E-state index contributed by atoms with van der Waals surface area (Å²) in [6.45, 7) is 0. The molecule has 0 saturated carbocycles. The number of aromatic nitrogens is 2. The molecule has 0 bridgehead atoms. The molecule has 5 rings (SSSR count). The van der Waals surface area contributed by atoms with Crippen LogP contribution in [0.4, 0.5) is 5.69 Å². The second-order valence-electron chi connectivity index (χ2n) is 7.37. The van der Waals surface area contributed by atoms with Crippen molar-refractivity contribution in [3.05, 3.63) is 107 Å². The minimum absolute atomic E-state index is 1.01. The van der Waals surface area contributed by atoms with Crippen LogP contribution in [0.1, 0.15) is 16.1 Å². The largest absolute Gasteiger partial charge is 0.351 e. The molecule has 0 radical (unpaired) electrons. The molecule has 4 heteroatoms. The minimum Gasteiger partial charge on any atom is -0.351 e. The molecule has 3 nitrogen and oxygen atoms in total. The standard InChI is InChI=1S/C26H22N3S/c1-28-16-14-20(22-11-6-7-12-23(22)28)17-21(19-9-4-3-5-10-19)18-25-27-26-24(30-25)13-8-15-29(26)2/h3-18H,1-2H3/q+1. The van der Waals surface area contributed by atoms with Crippen LogP contribution >= 0.6 is 11.3 Å². The van der Waals surface area contributed by atoms with E-state index in [1.807, 2.05) is 13.2 Å². The molecular weight excluding hydrogens is 386 g/mol.